The average Bonchev–Trinajstić information content (AvgIpc) is 2.35. The predicted octanol–water partition coefficient (Wildman–Crippen LogP) is 2.19. The third-order valence-corrected chi connectivity index (χ3v) is 8.78. The third-order valence-electron chi connectivity index (χ3n) is 3.83. The van der Waals surface area contributed by atoms with Crippen LogP contribution in [-0.2, 0) is 9.13 Å². The summed E-state index contributed by atoms with van der Waals surface area (Å²) in [6, 6.07) is 8.51. The molecular weight excluding hydrogens is 360 g/mol. The van der Waals surface area contributed by atoms with Crippen LogP contribution < -0.4 is 0 Å². The Hall–Kier alpha value is -0.170. The summed E-state index contributed by atoms with van der Waals surface area (Å²) in [5.74, 6) is 0.535. The molecule has 0 radical (unpaired) electrons. The van der Waals surface area contributed by atoms with Crippen molar-refractivity contribution in [2.75, 3.05) is 12.3 Å². The SMILES string of the molecule is CC1(C)SCCN(C(P(=O)(O)O)P(=O)(O)O)C1c1ccccc1. The lowest BCUT2D eigenvalue weighted by atomic mass is 9.93. The lowest BCUT2D eigenvalue weighted by Gasteiger charge is -2.49. The molecule has 4 N–H and O–H groups in total. The lowest BCUT2D eigenvalue weighted by Crippen LogP contribution is -2.50. The van der Waals surface area contributed by atoms with E-state index in [2.05, 4.69) is 0 Å². The van der Waals surface area contributed by atoms with Crippen LogP contribution in [-0.4, -0.2) is 47.0 Å². The Labute approximate surface area is 139 Å². The summed E-state index contributed by atoms with van der Waals surface area (Å²) in [6.07, 6.45) is 0. The second kappa shape index (κ2) is 6.62. The van der Waals surface area contributed by atoms with Crippen LogP contribution in [0.1, 0.15) is 25.5 Å². The molecule has 0 saturated carbocycles. The van der Waals surface area contributed by atoms with Crippen molar-refractivity contribution in [1.82, 2.24) is 4.90 Å². The van der Waals surface area contributed by atoms with Crippen LogP contribution in [0.25, 0.3) is 0 Å². The number of nitrogens with zero attached hydrogens (tertiary/aromatic N) is 1. The number of benzene rings is 1. The fraction of sp³-hybridized carbons (Fsp3) is 0.538. The summed E-state index contributed by atoms with van der Waals surface area (Å²) < 4.78 is 23.2. The molecule has 1 aliphatic rings. The van der Waals surface area contributed by atoms with E-state index in [0.29, 0.717) is 5.75 Å². The topological polar surface area (TPSA) is 118 Å². The van der Waals surface area contributed by atoms with Crippen molar-refractivity contribution in [3.63, 3.8) is 0 Å². The largest absolute Gasteiger partial charge is 0.355 e. The first-order chi connectivity index (χ1) is 10.4. The van der Waals surface area contributed by atoms with E-state index in [9.17, 15) is 28.7 Å². The van der Waals surface area contributed by atoms with Gasteiger partial charge in [-0.15, -0.1) is 0 Å². The Morgan fingerprint density at radius 1 is 1.13 bits per heavy atom. The number of rotatable bonds is 4. The molecule has 1 heterocycles. The summed E-state index contributed by atoms with van der Waals surface area (Å²) in [5, 5.41) is 0. The minimum atomic E-state index is -5.03. The molecular formula is C13H21NO6P2S. The molecule has 0 aromatic heterocycles. The van der Waals surface area contributed by atoms with Crippen molar-refractivity contribution in [2.24, 2.45) is 0 Å². The van der Waals surface area contributed by atoms with E-state index in [0.717, 1.165) is 5.56 Å². The molecule has 1 aromatic carbocycles. The fourth-order valence-electron chi connectivity index (χ4n) is 3.08. The van der Waals surface area contributed by atoms with E-state index in [1.54, 1.807) is 23.9 Å². The number of hydrogen-bond acceptors (Lipinski definition) is 4. The first-order valence-electron chi connectivity index (χ1n) is 7.00. The maximum absolute atomic E-state index is 11.8. The molecule has 10 heteroatoms. The monoisotopic (exact) mass is 381 g/mol. The minimum Gasteiger partial charge on any atom is -0.323 e. The van der Waals surface area contributed by atoms with Gasteiger partial charge in [0.2, 0.25) is 5.52 Å². The van der Waals surface area contributed by atoms with E-state index in [1.807, 2.05) is 32.0 Å². The molecule has 1 saturated heterocycles. The summed E-state index contributed by atoms with van der Waals surface area (Å²) in [4.78, 5) is 39.6. The third kappa shape index (κ3) is 4.27. The van der Waals surface area contributed by atoms with Crippen molar-refractivity contribution in [3.05, 3.63) is 35.9 Å². The van der Waals surface area contributed by atoms with Gasteiger partial charge in [-0.05, 0) is 19.4 Å². The summed E-state index contributed by atoms with van der Waals surface area (Å²) in [5.41, 5.74) is -1.35. The van der Waals surface area contributed by atoms with Crippen molar-refractivity contribution in [2.45, 2.75) is 30.2 Å². The minimum absolute atomic E-state index is 0.189. The van der Waals surface area contributed by atoms with Crippen LogP contribution >= 0.6 is 27.0 Å². The van der Waals surface area contributed by atoms with E-state index in [4.69, 9.17) is 0 Å². The molecule has 0 spiro atoms. The van der Waals surface area contributed by atoms with Crippen LogP contribution in [0.3, 0.4) is 0 Å². The predicted molar refractivity (Wildman–Crippen MR) is 90.3 cm³/mol. The van der Waals surface area contributed by atoms with Crippen LogP contribution in [0.4, 0.5) is 0 Å². The molecule has 1 atom stereocenters. The average molecular weight is 381 g/mol. The van der Waals surface area contributed by atoms with Crippen LogP contribution in [0.2, 0.25) is 0 Å². The zero-order valence-electron chi connectivity index (χ0n) is 12.8. The lowest BCUT2D eigenvalue weighted by molar-refractivity contribution is 0.150. The van der Waals surface area contributed by atoms with Crippen molar-refractivity contribution >= 4 is 27.0 Å². The molecule has 1 aromatic rings. The molecule has 7 nitrogen and oxygen atoms in total. The summed E-state index contributed by atoms with van der Waals surface area (Å²) in [6.45, 7) is 4.02. The first kappa shape index (κ1) is 19.2. The van der Waals surface area contributed by atoms with E-state index < -0.39 is 31.5 Å². The van der Waals surface area contributed by atoms with Gasteiger partial charge < -0.3 is 19.6 Å². The molecule has 130 valence electrons. The van der Waals surface area contributed by atoms with Crippen molar-refractivity contribution in [3.8, 4) is 0 Å². The van der Waals surface area contributed by atoms with Crippen LogP contribution in [0.15, 0.2) is 30.3 Å². The number of thioether (sulfide) groups is 1. The van der Waals surface area contributed by atoms with Gasteiger partial charge in [-0.2, -0.15) is 11.8 Å². The highest BCUT2D eigenvalue weighted by Gasteiger charge is 2.54. The van der Waals surface area contributed by atoms with Gasteiger partial charge in [0, 0.05) is 17.0 Å². The molecule has 1 fully saturated rings. The first-order valence-corrected chi connectivity index (χ1v) is 11.3. The van der Waals surface area contributed by atoms with Gasteiger partial charge in [0.15, 0.2) is 0 Å². The maximum Gasteiger partial charge on any atom is 0.355 e. The second-order valence-corrected chi connectivity index (χ2v) is 11.5. The second-order valence-electron chi connectivity index (χ2n) is 6.03. The zero-order valence-corrected chi connectivity index (χ0v) is 15.4. The zero-order chi connectivity index (χ0) is 17.5. The molecule has 23 heavy (non-hydrogen) atoms. The molecule has 1 unspecified atom stereocenters. The van der Waals surface area contributed by atoms with E-state index >= 15 is 0 Å². The van der Waals surface area contributed by atoms with Gasteiger partial charge in [-0.3, -0.25) is 14.0 Å². The summed E-state index contributed by atoms with van der Waals surface area (Å²) in [7, 11) is -10.1. The molecule has 0 bridgehead atoms. The molecule has 0 amide bonds. The van der Waals surface area contributed by atoms with Crippen molar-refractivity contribution in [1.29, 1.82) is 0 Å². The quantitative estimate of drug-likeness (QED) is 0.586. The van der Waals surface area contributed by atoms with Gasteiger partial charge >= 0.3 is 15.2 Å². The Morgan fingerprint density at radius 3 is 2.13 bits per heavy atom. The Balaban J connectivity index is 2.57. The Morgan fingerprint density at radius 2 is 1.65 bits per heavy atom. The molecule has 2 rings (SSSR count). The van der Waals surface area contributed by atoms with Crippen molar-refractivity contribution < 1.29 is 28.7 Å². The molecule has 0 aliphatic carbocycles. The van der Waals surface area contributed by atoms with Crippen LogP contribution in [0.5, 0.6) is 0 Å². The van der Waals surface area contributed by atoms with E-state index in [1.165, 1.54) is 4.90 Å². The highest BCUT2D eigenvalue weighted by molar-refractivity contribution is 8.00. The van der Waals surface area contributed by atoms with Gasteiger partial charge in [0.05, 0.1) is 6.04 Å². The van der Waals surface area contributed by atoms with Gasteiger partial charge in [-0.25, -0.2) is 0 Å². The smallest absolute Gasteiger partial charge is 0.323 e. The van der Waals surface area contributed by atoms with Crippen LogP contribution in [0, 0.1) is 0 Å². The summed E-state index contributed by atoms with van der Waals surface area (Å²) >= 11 is 1.62. The van der Waals surface area contributed by atoms with Gasteiger partial charge in [-0.1, -0.05) is 30.3 Å². The normalized spacial score (nSPS) is 23.2. The number of hydrogen-bond donors (Lipinski definition) is 4. The molecule has 1 aliphatic heterocycles. The van der Waals surface area contributed by atoms with Gasteiger partial charge in [0.25, 0.3) is 0 Å². The maximum atomic E-state index is 11.8. The standard InChI is InChI=1S/C13H21NO6P2S/c1-13(2)11(10-6-4-3-5-7-10)14(8-9-23-13)12(21(15,16)17)22(18,19)20/h3-7,11-12H,8-9H2,1-2H3,(H2,15,16,17)(H2,18,19,20). The fourth-order valence-corrected chi connectivity index (χ4v) is 7.18. The van der Waals surface area contributed by atoms with Gasteiger partial charge in [0.1, 0.15) is 0 Å². The Kier molecular flexibility index (Phi) is 5.51. The highest BCUT2D eigenvalue weighted by atomic mass is 32.2. The highest BCUT2D eigenvalue weighted by Crippen LogP contribution is 2.64. The van der Waals surface area contributed by atoms with E-state index in [-0.39, 0.29) is 6.54 Å². The Bertz CT molecular complexity index is 621.